The zero-order valence-electron chi connectivity index (χ0n) is 8.79. The molecule has 0 aliphatic heterocycles. The molecule has 0 bridgehead atoms. The number of carbonyl (C=O) groups is 1. The molecule has 0 amide bonds. The Morgan fingerprint density at radius 2 is 2.12 bits per heavy atom. The van der Waals surface area contributed by atoms with Crippen molar-refractivity contribution in [3.63, 3.8) is 0 Å². The number of rotatable bonds is 4. The van der Waals surface area contributed by atoms with Crippen molar-refractivity contribution < 1.29 is 9.53 Å². The van der Waals surface area contributed by atoms with E-state index in [2.05, 4.69) is 4.98 Å². The van der Waals surface area contributed by atoms with Crippen LogP contribution in [-0.4, -0.2) is 11.5 Å². The van der Waals surface area contributed by atoms with Gasteiger partial charge in [-0.3, -0.25) is 4.79 Å². The number of nitrogens with zero attached hydrogens (tertiary/aromatic N) is 1. The lowest BCUT2D eigenvalue weighted by molar-refractivity contribution is -0.133. The highest BCUT2D eigenvalue weighted by molar-refractivity contribution is 7.10. The van der Waals surface area contributed by atoms with Gasteiger partial charge in [0.2, 0.25) is 0 Å². The lowest BCUT2D eigenvalue weighted by atomic mass is 10.2. The second kappa shape index (κ2) is 4.90. The van der Waals surface area contributed by atoms with Gasteiger partial charge in [-0.2, -0.15) is 0 Å². The molecule has 0 N–H and O–H groups in total. The molecule has 1 atom stereocenters. The van der Waals surface area contributed by atoms with Crippen LogP contribution < -0.4 is 0 Å². The van der Waals surface area contributed by atoms with E-state index in [4.69, 9.17) is 4.74 Å². The molecule has 1 aromatic carbocycles. The Kier molecular flexibility index (Phi) is 3.31. The largest absolute Gasteiger partial charge is 0.457 e. The standard InChI is InChI=1S/C12H11NO2S/c1-9(15-8-14)12-13-11(7-16-12)10-5-3-2-4-6-10/h2-9H,1H3. The van der Waals surface area contributed by atoms with Crippen LogP contribution in [0.2, 0.25) is 0 Å². The number of benzene rings is 1. The maximum absolute atomic E-state index is 10.2. The summed E-state index contributed by atoms with van der Waals surface area (Å²) in [5, 5.41) is 2.78. The second-order valence-corrected chi connectivity index (χ2v) is 4.20. The summed E-state index contributed by atoms with van der Waals surface area (Å²) in [5.41, 5.74) is 1.99. The summed E-state index contributed by atoms with van der Waals surface area (Å²) < 4.78 is 4.84. The molecule has 1 aromatic heterocycles. The highest BCUT2D eigenvalue weighted by atomic mass is 32.1. The van der Waals surface area contributed by atoms with Gasteiger partial charge in [-0.05, 0) is 6.92 Å². The van der Waals surface area contributed by atoms with Crippen molar-refractivity contribution in [3.8, 4) is 11.3 Å². The van der Waals surface area contributed by atoms with Crippen LogP contribution in [0.1, 0.15) is 18.0 Å². The van der Waals surface area contributed by atoms with E-state index in [1.165, 1.54) is 11.3 Å². The van der Waals surface area contributed by atoms with Crippen LogP contribution >= 0.6 is 11.3 Å². The van der Waals surface area contributed by atoms with Crippen molar-refractivity contribution >= 4 is 17.8 Å². The van der Waals surface area contributed by atoms with Gasteiger partial charge in [0.1, 0.15) is 5.01 Å². The van der Waals surface area contributed by atoms with E-state index in [1.54, 1.807) is 0 Å². The number of thiazole rings is 1. The van der Waals surface area contributed by atoms with Gasteiger partial charge >= 0.3 is 0 Å². The molecule has 0 saturated heterocycles. The van der Waals surface area contributed by atoms with Crippen LogP contribution in [0.3, 0.4) is 0 Å². The van der Waals surface area contributed by atoms with E-state index >= 15 is 0 Å². The molecular formula is C12H11NO2S. The smallest absolute Gasteiger partial charge is 0.293 e. The van der Waals surface area contributed by atoms with Gasteiger partial charge in [-0.25, -0.2) is 4.98 Å². The third-order valence-corrected chi connectivity index (χ3v) is 3.20. The van der Waals surface area contributed by atoms with Crippen LogP contribution in [0.4, 0.5) is 0 Å². The molecule has 0 aliphatic rings. The molecule has 82 valence electrons. The van der Waals surface area contributed by atoms with Gasteiger partial charge in [0.25, 0.3) is 6.47 Å². The van der Waals surface area contributed by atoms with Crippen molar-refractivity contribution in [3.05, 3.63) is 40.7 Å². The van der Waals surface area contributed by atoms with E-state index in [0.717, 1.165) is 16.3 Å². The Bertz CT molecular complexity index is 467. The molecule has 0 spiro atoms. The highest BCUT2D eigenvalue weighted by Crippen LogP contribution is 2.26. The molecule has 0 saturated carbocycles. The Balaban J connectivity index is 2.23. The molecule has 2 aromatic rings. The number of ether oxygens (including phenoxy) is 1. The average Bonchev–Trinajstić information content (AvgIpc) is 2.80. The topological polar surface area (TPSA) is 39.2 Å². The zero-order valence-corrected chi connectivity index (χ0v) is 9.61. The van der Waals surface area contributed by atoms with Gasteiger partial charge in [0.05, 0.1) is 5.69 Å². The fourth-order valence-electron chi connectivity index (χ4n) is 1.36. The first-order valence-corrected chi connectivity index (χ1v) is 5.79. The Morgan fingerprint density at radius 3 is 2.81 bits per heavy atom. The van der Waals surface area contributed by atoms with Crippen molar-refractivity contribution in [1.29, 1.82) is 0 Å². The first-order chi connectivity index (χ1) is 7.81. The third-order valence-electron chi connectivity index (χ3n) is 2.20. The molecule has 4 heteroatoms. The summed E-state index contributed by atoms with van der Waals surface area (Å²) in [6, 6.07) is 9.92. The summed E-state index contributed by atoms with van der Waals surface area (Å²) in [6.45, 7) is 2.26. The Morgan fingerprint density at radius 1 is 1.38 bits per heavy atom. The summed E-state index contributed by atoms with van der Waals surface area (Å²) in [4.78, 5) is 14.7. The number of aromatic nitrogens is 1. The Hall–Kier alpha value is -1.68. The third kappa shape index (κ3) is 2.28. The minimum Gasteiger partial charge on any atom is -0.457 e. The monoisotopic (exact) mass is 233 g/mol. The van der Waals surface area contributed by atoms with Crippen LogP contribution in [-0.2, 0) is 9.53 Å². The minimum atomic E-state index is -0.278. The average molecular weight is 233 g/mol. The predicted molar refractivity (Wildman–Crippen MR) is 63.1 cm³/mol. The molecule has 2 rings (SSSR count). The Labute approximate surface area is 97.7 Å². The van der Waals surface area contributed by atoms with E-state index in [-0.39, 0.29) is 6.10 Å². The summed E-state index contributed by atoms with van der Waals surface area (Å²) in [5.74, 6) is 0. The molecule has 1 heterocycles. The fourth-order valence-corrected chi connectivity index (χ4v) is 2.18. The normalized spacial score (nSPS) is 12.1. The van der Waals surface area contributed by atoms with Crippen LogP contribution in [0.5, 0.6) is 0 Å². The lowest BCUT2D eigenvalue weighted by Gasteiger charge is -2.04. The summed E-state index contributed by atoms with van der Waals surface area (Å²) >= 11 is 1.50. The molecule has 0 aliphatic carbocycles. The number of hydrogen-bond acceptors (Lipinski definition) is 4. The quantitative estimate of drug-likeness (QED) is 0.762. The highest BCUT2D eigenvalue weighted by Gasteiger charge is 2.11. The van der Waals surface area contributed by atoms with Crippen molar-refractivity contribution in [1.82, 2.24) is 4.98 Å². The lowest BCUT2D eigenvalue weighted by Crippen LogP contribution is -1.97. The molecule has 3 nitrogen and oxygen atoms in total. The van der Waals surface area contributed by atoms with E-state index in [0.29, 0.717) is 6.47 Å². The van der Waals surface area contributed by atoms with Gasteiger partial charge in [-0.1, -0.05) is 30.3 Å². The van der Waals surface area contributed by atoms with Gasteiger partial charge in [-0.15, -0.1) is 11.3 Å². The molecule has 0 radical (unpaired) electrons. The fraction of sp³-hybridized carbons (Fsp3) is 0.167. The first-order valence-electron chi connectivity index (χ1n) is 4.91. The van der Waals surface area contributed by atoms with Crippen molar-refractivity contribution in [2.24, 2.45) is 0 Å². The van der Waals surface area contributed by atoms with Gasteiger partial charge < -0.3 is 4.74 Å². The molecule has 0 fully saturated rings. The second-order valence-electron chi connectivity index (χ2n) is 3.31. The molecule has 1 unspecified atom stereocenters. The van der Waals surface area contributed by atoms with Crippen molar-refractivity contribution in [2.45, 2.75) is 13.0 Å². The molecule has 16 heavy (non-hydrogen) atoms. The number of hydrogen-bond donors (Lipinski definition) is 0. The van der Waals surface area contributed by atoms with Gasteiger partial charge in [0.15, 0.2) is 6.10 Å². The number of carbonyl (C=O) groups excluding carboxylic acids is 1. The SMILES string of the molecule is CC(OC=O)c1nc(-c2ccccc2)cs1. The van der Waals surface area contributed by atoms with E-state index in [9.17, 15) is 4.79 Å². The summed E-state index contributed by atoms with van der Waals surface area (Å²) in [6.07, 6.45) is -0.278. The van der Waals surface area contributed by atoms with Crippen LogP contribution in [0, 0.1) is 0 Å². The minimum absolute atomic E-state index is 0.278. The maximum Gasteiger partial charge on any atom is 0.293 e. The maximum atomic E-state index is 10.2. The first kappa shape index (κ1) is 10.8. The van der Waals surface area contributed by atoms with Crippen LogP contribution in [0.25, 0.3) is 11.3 Å². The van der Waals surface area contributed by atoms with Crippen LogP contribution in [0.15, 0.2) is 35.7 Å². The van der Waals surface area contributed by atoms with E-state index < -0.39 is 0 Å². The van der Waals surface area contributed by atoms with Gasteiger partial charge in [0, 0.05) is 10.9 Å². The predicted octanol–water partition coefficient (Wildman–Crippen LogP) is 3.04. The molecular weight excluding hydrogens is 222 g/mol. The van der Waals surface area contributed by atoms with E-state index in [1.807, 2.05) is 42.6 Å². The summed E-state index contributed by atoms with van der Waals surface area (Å²) in [7, 11) is 0. The zero-order chi connectivity index (χ0) is 11.4. The van der Waals surface area contributed by atoms with Crippen molar-refractivity contribution in [2.75, 3.05) is 0 Å².